The van der Waals surface area contributed by atoms with Crippen LogP contribution in [-0.2, 0) is 4.79 Å². The highest BCUT2D eigenvalue weighted by atomic mass is 79.9. The molecule has 114 valence electrons. The van der Waals surface area contributed by atoms with E-state index in [4.69, 9.17) is 10.8 Å². The molecule has 1 aromatic carbocycles. The predicted molar refractivity (Wildman–Crippen MR) is 84.1 cm³/mol. The van der Waals surface area contributed by atoms with Gasteiger partial charge >= 0.3 is 5.97 Å². The lowest BCUT2D eigenvalue weighted by Crippen LogP contribution is -2.40. The van der Waals surface area contributed by atoms with Gasteiger partial charge in [0.15, 0.2) is 0 Å². The molecule has 1 fully saturated rings. The molecule has 5 nitrogen and oxygen atoms in total. The number of anilines is 1. The normalized spacial score (nSPS) is 18.5. The fourth-order valence-corrected chi connectivity index (χ4v) is 2.92. The maximum atomic E-state index is 12.5. The van der Waals surface area contributed by atoms with Crippen LogP contribution in [0.15, 0.2) is 22.7 Å². The van der Waals surface area contributed by atoms with Crippen LogP contribution in [0.4, 0.5) is 5.69 Å². The molecule has 0 spiro atoms. The van der Waals surface area contributed by atoms with Crippen LogP contribution >= 0.6 is 15.9 Å². The molecule has 1 amide bonds. The second-order valence-corrected chi connectivity index (χ2v) is 6.28. The van der Waals surface area contributed by atoms with Crippen molar-refractivity contribution >= 4 is 33.5 Å². The minimum absolute atomic E-state index is 0.0331. The quantitative estimate of drug-likeness (QED) is 0.814. The summed E-state index contributed by atoms with van der Waals surface area (Å²) in [6.45, 7) is 1.35. The first-order chi connectivity index (χ1) is 9.97. The summed E-state index contributed by atoms with van der Waals surface area (Å²) < 4.78 is 0.775. The molecule has 1 saturated heterocycles. The minimum Gasteiger partial charge on any atom is -0.481 e. The monoisotopic (exact) mass is 354 g/mol. The zero-order chi connectivity index (χ0) is 15.4. The van der Waals surface area contributed by atoms with E-state index in [1.807, 2.05) is 0 Å². The third-order valence-electron chi connectivity index (χ3n) is 3.82. The first kappa shape index (κ1) is 15.8. The fraction of sp³-hybridized carbons (Fsp3) is 0.467. The number of nitrogen functional groups attached to an aromatic ring is 1. The number of hydrogen-bond acceptors (Lipinski definition) is 3. The van der Waals surface area contributed by atoms with Crippen LogP contribution in [0.2, 0.25) is 0 Å². The molecule has 2 rings (SSSR count). The predicted octanol–water partition coefficient (Wildman–Crippen LogP) is 2.75. The number of hydrogen-bond donors (Lipinski definition) is 2. The van der Waals surface area contributed by atoms with Gasteiger partial charge in [-0.2, -0.15) is 0 Å². The number of piperidine rings is 1. The summed E-state index contributed by atoms with van der Waals surface area (Å²) in [7, 11) is 0. The highest BCUT2D eigenvalue weighted by molar-refractivity contribution is 9.10. The molecule has 1 aliphatic rings. The van der Waals surface area contributed by atoms with Gasteiger partial charge in [-0.05, 0) is 59.3 Å². The Balaban J connectivity index is 2.01. The molecule has 0 aliphatic carbocycles. The van der Waals surface area contributed by atoms with Crippen LogP contribution in [0.1, 0.15) is 36.0 Å². The number of halogens is 1. The van der Waals surface area contributed by atoms with Gasteiger partial charge in [-0.15, -0.1) is 0 Å². The molecule has 0 saturated carbocycles. The number of carboxylic acid groups (broad SMARTS) is 1. The third-order valence-corrected chi connectivity index (χ3v) is 4.54. The summed E-state index contributed by atoms with van der Waals surface area (Å²) in [6, 6.07) is 5.20. The van der Waals surface area contributed by atoms with Crippen molar-refractivity contribution in [2.45, 2.75) is 25.7 Å². The molecule has 0 radical (unpaired) electrons. The number of benzene rings is 1. The van der Waals surface area contributed by atoms with Crippen molar-refractivity contribution in [1.82, 2.24) is 4.90 Å². The van der Waals surface area contributed by atoms with Crippen molar-refractivity contribution in [2.24, 2.45) is 5.92 Å². The fourth-order valence-electron chi connectivity index (χ4n) is 2.67. The Bertz CT molecular complexity index is 548. The van der Waals surface area contributed by atoms with Crippen molar-refractivity contribution in [2.75, 3.05) is 18.8 Å². The van der Waals surface area contributed by atoms with E-state index in [0.29, 0.717) is 24.2 Å². The SMILES string of the molecule is Nc1cc(C(=O)N2CCCC(CCC(=O)O)C2)ccc1Br. The summed E-state index contributed by atoms with van der Waals surface area (Å²) in [5.41, 5.74) is 6.93. The molecule has 0 bridgehead atoms. The minimum atomic E-state index is -0.779. The number of carbonyl (C=O) groups is 2. The summed E-state index contributed by atoms with van der Waals surface area (Å²) in [5, 5.41) is 8.75. The van der Waals surface area contributed by atoms with Crippen molar-refractivity contribution in [1.29, 1.82) is 0 Å². The largest absolute Gasteiger partial charge is 0.481 e. The first-order valence-electron chi connectivity index (χ1n) is 7.03. The Morgan fingerprint density at radius 1 is 1.43 bits per heavy atom. The standard InChI is InChI=1S/C15H19BrN2O3/c16-12-5-4-11(8-13(12)17)15(21)18-7-1-2-10(9-18)3-6-14(19)20/h4-5,8,10H,1-3,6-7,9,17H2,(H,19,20). The van der Waals surface area contributed by atoms with Crippen LogP contribution in [0.3, 0.4) is 0 Å². The number of amides is 1. The molecular weight excluding hydrogens is 336 g/mol. The Morgan fingerprint density at radius 3 is 2.86 bits per heavy atom. The van der Waals surface area contributed by atoms with Gasteiger partial charge in [0.2, 0.25) is 0 Å². The lowest BCUT2D eigenvalue weighted by Gasteiger charge is -2.32. The van der Waals surface area contributed by atoms with Gasteiger partial charge in [0.25, 0.3) is 5.91 Å². The Kier molecular flexibility index (Phi) is 5.22. The van der Waals surface area contributed by atoms with E-state index in [1.54, 1.807) is 23.1 Å². The lowest BCUT2D eigenvalue weighted by molar-refractivity contribution is -0.137. The van der Waals surface area contributed by atoms with Gasteiger partial charge in [-0.1, -0.05) is 0 Å². The van der Waals surface area contributed by atoms with Crippen LogP contribution in [0, 0.1) is 5.92 Å². The molecule has 1 atom stereocenters. The first-order valence-corrected chi connectivity index (χ1v) is 7.82. The summed E-state index contributed by atoms with van der Waals surface area (Å²) in [6.07, 6.45) is 2.70. The number of nitrogens with zero attached hydrogens (tertiary/aromatic N) is 1. The number of likely N-dealkylation sites (tertiary alicyclic amines) is 1. The van der Waals surface area contributed by atoms with Gasteiger partial charge < -0.3 is 15.7 Å². The summed E-state index contributed by atoms with van der Waals surface area (Å²) >= 11 is 3.31. The second-order valence-electron chi connectivity index (χ2n) is 5.43. The molecule has 1 aliphatic heterocycles. The third kappa shape index (κ3) is 4.20. The number of rotatable bonds is 4. The molecule has 1 heterocycles. The van der Waals surface area contributed by atoms with Gasteiger partial charge in [-0.3, -0.25) is 9.59 Å². The number of carbonyl (C=O) groups excluding carboxylic acids is 1. The van der Waals surface area contributed by atoms with E-state index in [-0.39, 0.29) is 18.2 Å². The average molecular weight is 355 g/mol. The number of nitrogens with two attached hydrogens (primary N) is 1. The molecule has 6 heteroatoms. The summed E-state index contributed by atoms with van der Waals surface area (Å²) in [4.78, 5) is 24.9. The van der Waals surface area contributed by atoms with E-state index < -0.39 is 5.97 Å². The zero-order valence-electron chi connectivity index (χ0n) is 11.7. The smallest absolute Gasteiger partial charge is 0.303 e. The van der Waals surface area contributed by atoms with Gasteiger partial charge in [0, 0.05) is 35.2 Å². The molecule has 1 aromatic rings. The molecule has 21 heavy (non-hydrogen) atoms. The van der Waals surface area contributed by atoms with Gasteiger partial charge in [-0.25, -0.2) is 0 Å². The second kappa shape index (κ2) is 6.93. The van der Waals surface area contributed by atoms with Gasteiger partial charge in [0.1, 0.15) is 0 Å². The highest BCUT2D eigenvalue weighted by Crippen LogP contribution is 2.25. The molecule has 1 unspecified atom stereocenters. The highest BCUT2D eigenvalue weighted by Gasteiger charge is 2.25. The van der Waals surface area contributed by atoms with Crippen molar-refractivity contribution in [3.8, 4) is 0 Å². The maximum absolute atomic E-state index is 12.5. The Labute approximate surface area is 132 Å². The number of carboxylic acids is 1. The van der Waals surface area contributed by atoms with Crippen LogP contribution in [-0.4, -0.2) is 35.0 Å². The van der Waals surface area contributed by atoms with E-state index >= 15 is 0 Å². The van der Waals surface area contributed by atoms with E-state index in [1.165, 1.54) is 0 Å². The van der Waals surface area contributed by atoms with E-state index in [9.17, 15) is 9.59 Å². The zero-order valence-corrected chi connectivity index (χ0v) is 13.3. The molecular formula is C15H19BrN2O3. The van der Waals surface area contributed by atoms with Crippen molar-refractivity contribution in [3.63, 3.8) is 0 Å². The van der Waals surface area contributed by atoms with E-state index in [2.05, 4.69) is 15.9 Å². The van der Waals surface area contributed by atoms with Gasteiger partial charge in [0.05, 0.1) is 0 Å². The lowest BCUT2D eigenvalue weighted by atomic mass is 9.93. The van der Waals surface area contributed by atoms with Crippen LogP contribution in [0.25, 0.3) is 0 Å². The molecule has 3 N–H and O–H groups in total. The Morgan fingerprint density at radius 2 is 2.19 bits per heavy atom. The molecule has 0 aromatic heterocycles. The number of aliphatic carboxylic acids is 1. The topological polar surface area (TPSA) is 83.6 Å². The van der Waals surface area contributed by atoms with Crippen LogP contribution in [0.5, 0.6) is 0 Å². The van der Waals surface area contributed by atoms with E-state index in [0.717, 1.165) is 23.9 Å². The maximum Gasteiger partial charge on any atom is 0.303 e. The van der Waals surface area contributed by atoms with Crippen LogP contribution < -0.4 is 5.73 Å². The summed E-state index contributed by atoms with van der Waals surface area (Å²) in [5.74, 6) is -0.542. The van der Waals surface area contributed by atoms with Crippen molar-refractivity contribution in [3.05, 3.63) is 28.2 Å². The average Bonchev–Trinajstić information content (AvgIpc) is 2.47. The Hall–Kier alpha value is -1.56. The van der Waals surface area contributed by atoms with Crippen molar-refractivity contribution < 1.29 is 14.7 Å².